The monoisotopic (exact) mass is 238 g/mol. The molecule has 0 bridgehead atoms. The molecule has 84 valence electrons. The quantitative estimate of drug-likeness (QED) is 0.876. The molecule has 3 nitrogen and oxygen atoms in total. The van der Waals surface area contributed by atoms with Crippen LogP contribution in [0.25, 0.3) is 0 Å². The highest BCUT2D eigenvalue weighted by atomic mass is 32.2. The Bertz CT molecular complexity index is 428. The van der Waals surface area contributed by atoms with E-state index in [-0.39, 0.29) is 11.5 Å². The molecule has 0 atom stereocenters. The van der Waals surface area contributed by atoms with Crippen molar-refractivity contribution in [3.63, 3.8) is 0 Å². The zero-order chi connectivity index (χ0) is 12.0. The largest absolute Gasteiger partial charge is 0.325 e. The Morgan fingerprint density at radius 3 is 3.00 bits per heavy atom. The number of nitriles is 1. The number of halogens is 1. The minimum atomic E-state index is -0.487. The average Bonchev–Trinajstić information content (AvgIpc) is 2.28. The van der Waals surface area contributed by atoms with Crippen molar-refractivity contribution in [3.8, 4) is 6.07 Å². The van der Waals surface area contributed by atoms with Gasteiger partial charge in [0, 0.05) is 12.2 Å². The number of carbonyl (C=O) groups is 1. The molecule has 5 heteroatoms. The molecule has 0 saturated heterocycles. The number of hydrogen-bond donors (Lipinski definition) is 1. The number of rotatable bonds is 4. The Morgan fingerprint density at radius 1 is 1.62 bits per heavy atom. The van der Waals surface area contributed by atoms with Crippen molar-refractivity contribution in [1.29, 1.82) is 5.26 Å². The summed E-state index contributed by atoms with van der Waals surface area (Å²) < 4.78 is 12.8. The SMILES string of the molecule is CSCCC(=O)Nc1ccc(F)cc1C#N. The molecule has 1 aromatic rings. The number of nitrogens with zero attached hydrogens (tertiary/aromatic N) is 1. The summed E-state index contributed by atoms with van der Waals surface area (Å²) in [6.07, 6.45) is 2.29. The first kappa shape index (κ1) is 12.5. The summed E-state index contributed by atoms with van der Waals surface area (Å²) in [5.74, 6) is 0.0608. The molecule has 0 aliphatic rings. The molecule has 1 amide bonds. The second kappa shape index (κ2) is 6.13. The normalized spacial score (nSPS) is 9.56. The lowest BCUT2D eigenvalue weighted by Gasteiger charge is -2.06. The zero-order valence-corrected chi connectivity index (χ0v) is 9.60. The van der Waals surface area contributed by atoms with Gasteiger partial charge >= 0.3 is 0 Å². The van der Waals surface area contributed by atoms with Crippen LogP contribution in [0, 0.1) is 17.1 Å². The first-order valence-electron chi connectivity index (χ1n) is 4.66. The maximum Gasteiger partial charge on any atom is 0.225 e. The molecule has 0 aliphatic heterocycles. The van der Waals surface area contributed by atoms with E-state index in [4.69, 9.17) is 5.26 Å². The van der Waals surface area contributed by atoms with Gasteiger partial charge in [0.1, 0.15) is 11.9 Å². The summed E-state index contributed by atoms with van der Waals surface area (Å²) in [5, 5.41) is 11.3. The number of nitrogens with one attached hydrogen (secondary N) is 1. The standard InChI is InChI=1S/C11H11FN2OS/c1-16-5-4-11(15)14-10-3-2-9(12)6-8(10)7-13/h2-3,6H,4-5H2,1H3,(H,14,15). The molecule has 0 radical (unpaired) electrons. The highest BCUT2D eigenvalue weighted by Gasteiger charge is 2.07. The van der Waals surface area contributed by atoms with E-state index in [2.05, 4.69) is 5.32 Å². The fourth-order valence-corrected chi connectivity index (χ4v) is 1.51. The molecule has 0 heterocycles. The molecule has 16 heavy (non-hydrogen) atoms. The van der Waals surface area contributed by atoms with Gasteiger partial charge in [-0.05, 0) is 24.5 Å². The van der Waals surface area contributed by atoms with Crippen molar-refractivity contribution in [2.45, 2.75) is 6.42 Å². The van der Waals surface area contributed by atoms with Crippen molar-refractivity contribution >= 4 is 23.4 Å². The van der Waals surface area contributed by atoms with Crippen molar-refractivity contribution < 1.29 is 9.18 Å². The van der Waals surface area contributed by atoms with E-state index in [9.17, 15) is 9.18 Å². The second-order valence-electron chi connectivity index (χ2n) is 3.09. The lowest BCUT2D eigenvalue weighted by atomic mass is 10.2. The molecule has 0 fully saturated rings. The number of carbonyl (C=O) groups excluding carboxylic acids is 1. The van der Waals surface area contributed by atoms with Crippen LogP contribution in [0.2, 0.25) is 0 Å². The smallest absolute Gasteiger partial charge is 0.225 e. The Hall–Kier alpha value is -1.54. The Balaban J connectivity index is 2.74. The zero-order valence-electron chi connectivity index (χ0n) is 8.79. The Kier molecular flexibility index (Phi) is 4.80. The molecule has 0 aromatic heterocycles. The topological polar surface area (TPSA) is 52.9 Å². The van der Waals surface area contributed by atoms with Gasteiger partial charge in [0.25, 0.3) is 0 Å². The molecule has 0 aliphatic carbocycles. The van der Waals surface area contributed by atoms with Crippen LogP contribution in [0.5, 0.6) is 0 Å². The van der Waals surface area contributed by atoms with E-state index in [1.54, 1.807) is 11.8 Å². The summed E-state index contributed by atoms with van der Waals surface area (Å²) in [7, 11) is 0. The highest BCUT2D eigenvalue weighted by molar-refractivity contribution is 7.98. The van der Waals surface area contributed by atoms with E-state index in [0.717, 1.165) is 11.8 Å². The van der Waals surface area contributed by atoms with Crippen molar-refractivity contribution in [2.75, 3.05) is 17.3 Å². The molecule has 0 saturated carbocycles. The molecule has 1 N–H and O–H groups in total. The summed E-state index contributed by atoms with van der Waals surface area (Å²) in [6.45, 7) is 0. The van der Waals surface area contributed by atoms with Crippen LogP contribution >= 0.6 is 11.8 Å². The first-order valence-corrected chi connectivity index (χ1v) is 6.05. The molecule has 0 spiro atoms. The maximum atomic E-state index is 12.8. The summed E-state index contributed by atoms with van der Waals surface area (Å²) in [5.41, 5.74) is 0.493. The molecular formula is C11H11FN2OS. The van der Waals surface area contributed by atoms with Gasteiger partial charge in [-0.15, -0.1) is 0 Å². The lowest BCUT2D eigenvalue weighted by Crippen LogP contribution is -2.13. The van der Waals surface area contributed by atoms with Gasteiger partial charge in [-0.25, -0.2) is 4.39 Å². The number of hydrogen-bond acceptors (Lipinski definition) is 3. The average molecular weight is 238 g/mol. The van der Waals surface area contributed by atoms with E-state index in [1.165, 1.54) is 12.1 Å². The third-order valence-electron chi connectivity index (χ3n) is 1.91. The van der Waals surface area contributed by atoms with Crippen LogP contribution in [-0.4, -0.2) is 17.9 Å². The number of thioether (sulfide) groups is 1. The minimum Gasteiger partial charge on any atom is -0.325 e. The number of amides is 1. The van der Waals surface area contributed by atoms with Crippen LogP contribution in [-0.2, 0) is 4.79 Å². The third-order valence-corrected chi connectivity index (χ3v) is 2.52. The van der Waals surface area contributed by atoms with Crippen molar-refractivity contribution in [1.82, 2.24) is 0 Å². The highest BCUT2D eigenvalue weighted by Crippen LogP contribution is 2.16. The first-order chi connectivity index (χ1) is 7.67. The van der Waals surface area contributed by atoms with Gasteiger partial charge in [0.05, 0.1) is 11.3 Å². The van der Waals surface area contributed by atoms with Crippen LogP contribution < -0.4 is 5.32 Å². The van der Waals surface area contributed by atoms with Crippen LogP contribution in [0.4, 0.5) is 10.1 Å². The van der Waals surface area contributed by atoms with Gasteiger partial charge in [0.15, 0.2) is 0 Å². The fourth-order valence-electron chi connectivity index (χ4n) is 1.13. The predicted molar refractivity (Wildman–Crippen MR) is 62.7 cm³/mol. The molecule has 0 unspecified atom stereocenters. The van der Waals surface area contributed by atoms with E-state index < -0.39 is 5.82 Å². The van der Waals surface area contributed by atoms with Gasteiger partial charge in [-0.3, -0.25) is 4.79 Å². The van der Waals surface area contributed by atoms with Crippen molar-refractivity contribution in [2.24, 2.45) is 0 Å². The lowest BCUT2D eigenvalue weighted by molar-refractivity contribution is -0.115. The summed E-state index contributed by atoms with van der Waals surface area (Å²) in [6, 6.07) is 5.55. The Morgan fingerprint density at radius 2 is 2.38 bits per heavy atom. The summed E-state index contributed by atoms with van der Waals surface area (Å²) >= 11 is 1.57. The summed E-state index contributed by atoms with van der Waals surface area (Å²) in [4.78, 5) is 11.4. The fraction of sp³-hybridized carbons (Fsp3) is 0.273. The number of benzene rings is 1. The Labute approximate surface area is 97.6 Å². The van der Waals surface area contributed by atoms with Gasteiger partial charge in [-0.1, -0.05) is 0 Å². The second-order valence-corrected chi connectivity index (χ2v) is 4.08. The third kappa shape index (κ3) is 3.55. The molecular weight excluding hydrogens is 227 g/mol. The minimum absolute atomic E-state index is 0.137. The van der Waals surface area contributed by atoms with Crippen molar-refractivity contribution in [3.05, 3.63) is 29.6 Å². The van der Waals surface area contributed by atoms with E-state index >= 15 is 0 Å². The van der Waals surface area contributed by atoms with E-state index in [0.29, 0.717) is 12.1 Å². The van der Waals surface area contributed by atoms with Crippen LogP contribution in [0.15, 0.2) is 18.2 Å². The van der Waals surface area contributed by atoms with E-state index in [1.807, 2.05) is 12.3 Å². The van der Waals surface area contributed by atoms with Gasteiger partial charge < -0.3 is 5.32 Å². The number of anilines is 1. The predicted octanol–water partition coefficient (Wildman–Crippen LogP) is 2.39. The maximum absolute atomic E-state index is 12.8. The van der Waals surface area contributed by atoms with Crippen LogP contribution in [0.3, 0.4) is 0 Å². The van der Waals surface area contributed by atoms with Crippen LogP contribution in [0.1, 0.15) is 12.0 Å². The molecule has 1 aromatic carbocycles. The van der Waals surface area contributed by atoms with Gasteiger partial charge in [-0.2, -0.15) is 17.0 Å². The molecule has 1 rings (SSSR count). The van der Waals surface area contributed by atoms with Gasteiger partial charge in [0.2, 0.25) is 5.91 Å².